The number of fused-ring (bicyclic) bond motifs is 1. The monoisotopic (exact) mass is 364 g/mol. The molecular formula is C20H20N4O3. The third-order valence-corrected chi connectivity index (χ3v) is 4.65. The Labute approximate surface area is 156 Å². The fourth-order valence-corrected chi connectivity index (χ4v) is 3.31. The van der Waals surface area contributed by atoms with Crippen LogP contribution in [-0.2, 0) is 0 Å². The van der Waals surface area contributed by atoms with Gasteiger partial charge in [0, 0.05) is 30.3 Å². The van der Waals surface area contributed by atoms with Gasteiger partial charge in [0.15, 0.2) is 0 Å². The Balaban J connectivity index is 1.49. The highest BCUT2D eigenvalue weighted by atomic mass is 16.5. The molecule has 1 amide bonds. The van der Waals surface area contributed by atoms with E-state index < -0.39 is 0 Å². The molecule has 1 aliphatic heterocycles. The zero-order valence-electron chi connectivity index (χ0n) is 15.0. The first-order valence-electron chi connectivity index (χ1n) is 8.92. The maximum Gasteiger partial charge on any atom is 0.273 e. The predicted octanol–water partition coefficient (Wildman–Crippen LogP) is 2.72. The van der Waals surface area contributed by atoms with Gasteiger partial charge >= 0.3 is 0 Å². The minimum atomic E-state index is -0.125. The van der Waals surface area contributed by atoms with Crippen molar-refractivity contribution in [3.05, 3.63) is 54.4 Å². The van der Waals surface area contributed by atoms with Crippen LogP contribution >= 0.6 is 0 Å². The van der Waals surface area contributed by atoms with E-state index in [2.05, 4.69) is 15.2 Å². The fraction of sp³-hybridized carbons (Fsp3) is 0.300. The number of benzene rings is 1. The molecule has 0 aliphatic carbocycles. The normalized spacial score (nSPS) is 16.9. The van der Waals surface area contributed by atoms with Crippen molar-refractivity contribution < 1.29 is 14.3 Å². The smallest absolute Gasteiger partial charge is 0.273 e. The van der Waals surface area contributed by atoms with E-state index in [0.717, 1.165) is 23.6 Å². The number of aromatic nitrogens is 3. The van der Waals surface area contributed by atoms with Crippen molar-refractivity contribution in [3.63, 3.8) is 0 Å². The SMILES string of the molecule is COc1ccc(OC2CCCN(C(=O)c3nccc4ccccc34)C2)nn1. The lowest BCUT2D eigenvalue weighted by atomic mass is 10.1. The third-order valence-electron chi connectivity index (χ3n) is 4.65. The zero-order chi connectivity index (χ0) is 18.6. The van der Waals surface area contributed by atoms with Crippen LogP contribution < -0.4 is 9.47 Å². The fourth-order valence-electron chi connectivity index (χ4n) is 3.31. The van der Waals surface area contributed by atoms with Gasteiger partial charge in [-0.2, -0.15) is 0 Å². The Kier molecular flexibility index (Phi) is 4.82. The Morgan fingerprint density at radius 2 is 1.93 bits per heavy atom. The first-order valence-corrected chi connectivity index (χ1v) is 8.92. The first-order chi connectivity index (χ1) is 13.2. The largest absolute Gasteiger partial charge is 0.480 e. The van der Waals surface area contributed by atoms with Gasteiger partial charge in [-0.25, -0.2) is 0 Å². The lowest BCUT2D eigenvalue weighted by molar-refractivity contribution is 0.0522. The molecule has 1 aliphatic rings. The molecule has 0 spiro atoms. The summed E-state index contributed by atoms with van der Waals surface area (Å²) in [5, 5.41) is 9.79. The van der Waals surface area contributed by atoms with Crippen molar-refractivity contribution in [3.8, 4) is 11.8 Å². The van der Waals surface area contributed by atoms with Gasteiger partial charge in [0.25, 0.3) is 5.91 Å². The third kappa shape index (κ3) is 3.67. The molecule has 0 saturated carbocycles. The van der Waals surface area contributed by atoms with Crippen molar-refractivity contribution in [1.29, 1.82) is 0 Å². The lowest BCUT2D eigenvalue weighted by Crippen LogP contribution is -2.44. The number of carbonyl (C=O) groups is 1. The molecule has 4 rings (SSSR count). The summed E-state index contributed by atoms with van der Waals surface area (Å²) in [6, 6.07) is 13.1. The number of methoxy groups -OCH3 is 1. The molecular weight excluding hydrogens is 344 g/mol. The van der Waals surface area contributed by atoms with E-state index >= 15 is 0 Å². The van der Waals surface area contributed by atoms with Gasteiger partial charge in [-0.15, -0.1) is 10.2 Å². The van der Waals surface area contributed by atoms with Crippen LogP contribution in [0.1, 0.15) is 23.3 Å². The molecule has 3 heterocycles. The minimum Gasteiger partial charge on any atom is -0.480 e. The average molecular weight is 364 g/mol. The van der Waals surface area contributed by atoms with E-state index in [0.29, 0.717) is 30.5 Å². The minimum absolute atomic E-state index is 0.0686. The van der Waals surface area contributed by atoms with Crippen LogP contribution in [0.4, 0.5) is 0 Å². The van der Waals surface area contributed by atoms with Gasteiger partial charge in [0.05, 0.1) is 13.7 Å². The van der Waals surface area contributed by atoms with Crippen molar-refractivity contribution in [1.82, 2.24) is 20.1 Å². The van der Waals surface area contributed by atoms with Crippen LogP contribution in [0, 0.1) is 0 Å². The number of rotatable bonds is 4. The molecule has 27 heavy (non-hydrogen) atoms. The summed E-state index contributed by atoms with van der Waals surface area (Å²) in [6.45, 7) is 1.19. The van der Waals surface area contributed by atoms with Gasteiger partial charge in [0.1, 0.15) is 11.8 Å². The van der Waals surface area contributed by atoms with Gasteiger partial charge in [-0.3, -0.25) is 9.78 Å². The summed E-state index contributed by atoms with van der Waals surface area (Å²) >= 11 is 0. The van der Waals surface area contributed by atoms with Crippen LogP contribution in [0.5, 0.6) is 11.8 Å². The second kappa shape index (κ2) is 7.57. The maximum atomic E-state index is 13.1. The van der Waals surface area contributed by atoms with E-state index in [9.17, 15) is 4.79 Å². The number of nitrogens with zero attached hydrogens (tertiary/aromatic N) is 4. The summed E-state index contributed by atoms with van der Waals surface area (Å²) in [5.74, 6) is 0.795. The second-order valence-electron chi connectivity index (χ2n) is 6.43. The molecule has 1 aromatic carbocycles. The molecule has 7 heteroatoms. The van der Waals surface area contributed by atoms with Gasteiger partial charge in [-0.05, 0) is 24.3 Å². The average Bonchev–Trinajstić information content (AvgIpc) is 2.73. The van der Waals surface area contributed by atoms with Crippen LogP contribution in [0.25, 0.3) is 10.8 Å². The number of hydrogen-bond donors (Lipinski definition) is 0. The number of piperidine rings is 1. The van der Waals surface area contributed by atoms with Crippen LogP contribution in [0.2, 0.25) is 0 Å². The quantitative estimate of drug-likeness (QED) is 0.708. The Hall–Kier alpha value is -3.22. The molecule has 138 valence electrons. The highest BCUT2D eigenvalue weighted by Crippen LogP contribution is 2.22. The highest BCUT2D eigenvalue weighted by Gasteiger charge is 2.27. The summed E-state index contributed by atoms with van der Waals surface area (Å²) in [7, 11) is 1.54. The summed E-state index contributed by atoms with van der Waals surface area (Å²) in [5.41, 5.74) is 0.484. The molecule has 1 saturated heterocycles. The number of amides is 1. The predicted molar refractivity (Wildman–Crippen MR) is 99.9 cm³/mol. The summed E-state index contributed by atoms with van der Waals surface area (Å²) in [6.07, 6.45) is 3.28. The Bertz CT molecular complexity index is 940. The Morgan fingerprint density at radius 3 is 2.74 bits per heavy atom. The van der Waals surface area contributed by atoms with Gasteiger partial charge in [-0.1, -0.05) is 24.3 Å². The molecule has 1 unspecified atom stereocenters. The summed E-state index contributed by atoms with van der Waals surface area (Å²) < 4.78 is 10.9. The highest BCUT2D eigenvalue weighted by molar-refractivity contribution is 6.05. The molecule has 2 aromatic heterocycles. The zero-order valence-corrected chi connectivity index (χ0v) is 15.0. The van der Waals surface area contributed by atoms with E-state index in [-0.39, 0.29) is 12.0 Å². The van der Waals surface area contributed by atoms with E-state index in [4.69, 9.17) is 9.47 Å². The second-order valence-corrected chi connectivity index (χ2v) is 6.43. The molecule has 0 N–H and O–H groups in total. The number of ether oxygens (including phenoxy) is 2. The lowest BCUT2D eigenvalue weighted by Gasteiger charge is -2.32. The number of likely N-dealkylation sites (tertiary alicyclic amines) is 1. The summed E-state index contributed by atoms with van der Waals surface area (Å²) in [4.78, 5) is 19.2. The molecule has 1 atom stereocenters. The van der Waals surface area contributed by atoms with E-state index in [1.165, 1.54) is 7.11 Å². The van der Waals surface area contributed by atoms with Crippen LogP contribution in [-0.4, -0.2) is 52.3 Å². The van der Waals surface area contributed by atoms with Crippen molar-refractivity contribution >= 4 is 16.7 Å². The van der Waals surface area contributed by atoms with Gasteiger partial charge in [0.2, 0.25) is 11.8 Å². The molecule has 1 fully saturated rings. The van der Waals surface area contributed by atoms with Crippen molar-refractivity contribution in [2.75, 3.05) is 20.2 Å². The number of hydrogen-bond acceptors (Lipinski definition) is 6. The maximum absolute atomic E-state index is 13.1. The number of pyridine rings is 1. The first kappa shape index (κ1) is 17.2. The Morgan fingerprint density at radius 1 is 1.11 bits per heavy atom. The van der Waals surface area contributed by atoms with Crippen LogP contribution in [0.3, 0.4) is 0 Å². The van der Waals surface area contributed by atoms with Crippen LogP contribution in [0.15, 0.2) is 48.7 Å². The topological polar surface area (TPSA) is 77.4 Å². The standard InChI is InChI=1S/C20H20N4O3/c1-26-17-8-9-18(23-22-17)27-15-6-4-12-24(13-15)20(25)19-16-7-3-2-5-14(16)10-11-21-19/h2-3,5,7-11,15H,4,6,12-13H2,1H3. The number of carbonyl (C=O) groups excluding carboxylic acids is 1. The van der Waals surface area contributed by atoms with Crippen molar-refractivity contribution in [2.45, 2.75) is 18.9 Å². The molecule has 3 aromatic rings. The molecule has 7 nitrogen and oxygen atoms in total. The molecule has 0 radical (unpaired) electrons. The van der Waals surface area contributed by atoms with E-state index in [1.807, 2.05) is 30.3 Å². The van der Waals surface area contributed by atoms with Gasteiger partial charge < -0.3 is 14.4 Å². The van der Waals surface area contributed by atoms with E-state index in [1.54, 1.807) is 23.2 Å². The van der Waals surface area contributed by atoms with Crippen molar-refractivity contribution in [2.24, 2.45) is 0 Å². The molecule has 0 bridgehead atoms.